The van der Waals surface area contributed by atoms with E-state index < -0.39 is 6.03 Å². The zero-order valence-electron chi connectivity index (χ0n) is 24.3. The van der Waals surface area contributed by atoms with Crippen molar-refractivity contribution >= 4 is 6.03 Å². The van der Waals surface area contributed by atoms with Crippen molar-refractivity contribution in [1.82, 2.24) is 10.4 Å². The first-order valence-corrected chi connectivity index (χ1v) is 13.6. The normalized spacial score (nSPS) is 16.6. The van der Waals surface area contributed by atoms with Gasteiger partial charge in [0.05, 0.1) is 47.3 Å². The van der Waals surface area contributed by atoms with Gasteiger partial charge in [0.25, 0.3) is 0 Å². The highest BCUT2D eigenvalue weighted by Crippen LogP contribution is 2.47. The highest BCUT2D eigenvalue weighted by molar-refractivity contribution is 5.73. The lowest BCUT2D eigenvalue weighted by molar-refractivity contribution is -0.0415. The van der Waals surface area contributed by atoms with Crippen molar-refractivity contribution in [2.75, 3.05) is 41.6 Å². The van der Waals surface area contributed by atoms with Crippen LogP contribution in [0.1, 0.15) is 68.4 Å². The van der Waals surface area contributed by atoms with Crippen molar-refractivity contribution in [2.45, 2.75) is 58.2 Å². The van der Waals surface area contributed by atoms with Crippen LogP contribution in [0.25, 0.3) is 0 Å². The first kappa shape index (κ1) is 30.9. The van der Waals surface area contributed by atoms with Gasteiger partial charge in [0.1, 0.15) is 0 Å². The van der Waals surface area contributed by atoms with Crippen LogP contribution in [0.15, 0.2) is 36.5 Å². The van der Waals surface area contributed by atoms with Crippen LogP contribution in [0.5, 0.6) is 28.7 Å². The van der Waals surface area contributed by atoms with Crippen LogP contribution in [-0.4, -0.2) is 57.9 Å². The third-order valence-electron chi connectivity index (χ3n) is 6.61. The predicted octanol–water partition coefficient (Wildman–Crippen LogP) is 5.97. The highest BCUT2D eigenvalue weighted by Gasteiger charge is 2.31. The summed E-state index contributed by atoms with van der Waals surface area (Å²) in [4.78, 5) is 12.0. The van der Waals surface area contributed by atoms with Gasteiger partial charge >= 0.3 is 6.03 Å². The molecule has 10 heteroatoms. The lowest BCUT2D eigenvalue weighted by Crippen LogP contribution is -2.35. The summed E-state index contributed by atoms with van der Waals surface area (Å²) in [5, 5.41) is 12.9. The Kier molecular flexibility index (Phi) is 11.8. The van der Waals surface area contributed by atoms with Gasteiger partial charge in [0.2, 0.25) is 5.75 Å². The van der Waals surface area contributed by atoms with Crippen LogP contribution >= 0.6 is 0 Å². The molecule has 1 heterocycles. The third kappa shape index (κ3) is 7.51. The molecule has 0 aromatic heterocycles. The SMILES string of the molecule is CCCOc1c(CC=CNC(=O)N(O)CCC)cc(C2CCC(c3cc(OC)c(OC)c(OC)c3)O2)cc1OC. The first-order valence-electron chi connectivity index (χ1n) is 13.6. The third-order valence-corrected chi connectivity index (χ3v) is 6.61. The average Bonchev–Trinajstić information content (AvgIpc) is 3.47. The fraction of sp³-hybridized carbons (Fsp3) is 0.500. The van der Waals surface area contributed by atoms with Gasteiger partial charge in [-0.2, -0.15) is 0 Å². The van der Waals surface area contributed by atoms with E-state index in [0.29, 0.717) is 53.3 Å². The summed E-state index contributed by atoms with van der Waals surface area (Å²) < 4.78 is 34.8. The summed E-state index contributed by atoms with van der Waals surface area (Å²) in [7, 11) is 6.40. The zero-order valence-corrected chi connectivity index (χ0v) is 24.3. The van der Waals surface area contributed by atoms with Crippen LogP contribution < -0.4 is 29.0 Å². The molecule has 0 aliphatic carbocycles. The Hall–Kier alpha value is -3.63. The first-order chi connectivity index (χ1) is 19.4. The van der Waals surface area contributed by atoms with E-state index in [0.717, 1.165) is 36.0 Å². The van der Waals surface area contributed by atoms with E-state index in [1.165, 1.54) is 6.20 Å². The Morgan fingerprint density at radius 2 is 1.50 bits per heavy atom. The van der Waals surface area contributed by atoms with Gasteiger partial charge in [0.15, 0.2) is 23.0 Å². The molecule has 10 nitrogen and oxygen atoms in total. The van der Waals surface area contributed by atoms with Crippen molar-refractivity contribution < 1.29 is 38.4 Å². The molecule has 40 heavy (non-hydrogen) atoms. The summed E-state index contributed by atoms with van der Waals surface area (Å²) in [5.74, 6) is 3.01. The minimum Gasteiger partial charge on any atom is -0.493 e. The van der Waals surface area contributed by atoms with E-state index in [9.17, 15) is 10.0 Å². The summed E-state index contributed by atoms with van der Waals surface area (Å²) >= 11 is 0. The Labute approximate surface area is 236 Å². The van der Waals surface area contributed by atoms with Gasteiger partial charge in [-0.3, -0.25) is 5.21 Å². The van der Waals surface area contributed by atoms with Crippen molar-refractivity contribution in [3.63, 3.8) is 0 Å². The number of amides is 2. The maximum absolute atomic E-state index is 12.0. The monoisotopic (exact) mass is 558 g/mol. The second-order valence-corrected chi connectivity index (χ2v) is 9.39. The van der Waals surface area contributed by atoms with Gasteiger partial charge in [0, 0.05) is 18.3 Å². The molecule has 1 aliphatic heterocycles. The van der Waals surface area contributed by atoms with Gasteiger partial charge in [-0.1, -0.05) is 19.9 Å². The molecule has 220 valence electrons. The average molecular weight is 559 g/mol. The number of nitrogens with zero attached hydrogens (tertiary/aromatic N) is 1. The number of hydroxylamine groups is 2. The summed E-state index contributed by atoms with van der Waals surface area (Å²) in [6.45, 7) is 4.73. The van der Waals surface area contributed by atoms with Crippen LogP contribution in [0.2, 0.25) is 0 Å². The Balaban J connectivity index is 1.84. The second kappa shape index (κ2) is 15.2. The molecule has 2 amide bonds. The second-order valence-electron chi connectivity index (χ2n) is 9.39. The summed E-state index contributed by atoms with van der Waals surface area (Å²) in [5.41, 5.74) is 2.84. The van der Waals surface area contributed by atoms with E-state index in [1.54, 1.807) is 28.4 Å². The van der Waals surface area contributed by atoms with Gasteiger partial charge in [-0.05, 0) is 67.5 Å². The molecule has 0 bridgehead atoms. The molecule has 2 unspecified atom stereocenters. The van der Waals surface area contributed by atoms with Crippen molar-refractivity contribution in [3.05, 3.63) is 53.2 Å². The quantitative estimate of drug-likeness (QED) is 0.216. The largest absolute Gasteiger partial charge is 0.493 e. The number of urea groups is 1. The maximum Gasteiger partial charge on any atom is 0.345 e. The molecular weight excluding hydrogens is 516 g/mol. The van der Waals surface area contributed by atoms with Crippen molar-refractivity contribution in [3.8, 4) is 28.7 Å². The van der Waals surface area contributed by atoms with Gasteiger partial charge in [-0.15, -0.1) is 0 Å². The summed E-state index contributed by atoms with van der Waals surface area (Å²) in [6, 6.07) is 7.31. The molecular formula is C30H42N2O8. The van der Waals surface area contributed by atoms with E-state index >= 15 is 0 Å². The molecule has 1 aliphatic rings. The standard InChI is InChI=1S/C30H42N2O8/c1-7-14-32(34)30(33)31-13-9-10-20-16-21(17-25(35-3)28(20)39-15-8-2)23-11-12-24(40-23)22-18-26(36-4)29(38-6)27(19-22)37-5/h9,13,16-19,23-24,34H,7-8,10-12,14-15H2,1-6H3,(H,31,33). The lowest BCUT2D eigenvalue weighted by Gasteiger charge is -2.20. The Bertz CT molecular complexity index is 1130. The van der Waals surface area contributed by atoms with E-state index in [-0.39, 0.29) is 18.8 Å². The number of rotatable bonds is 14. The fourth-order valence-electron chi connectivity index (χ4n) is 4.66. The van der Waals surface area contributed by atoms with Crippen molar-refractivity contribution in [2.24, 2.45) is 0 Å². The number of ether oxygens (including phenoxy) is 6. The molecule has 0 spiro atoms. The van der Waals surface area contributed by atoms with Crippen LogP contribution in [-0.2, 0) is 11.2 Å². The molecule has 3 rings (SSSR count). The van der Waals surface area contributed by atoms with Crippen LogP contribution in [0, 0.1) is 0 Å². The van der Waals surface area contributed by atoms with Gasteiger partial charge in [-0.25, -0.2) is 9.86 Å². The fourth-order valence-corrected chi connectivity index (χ4v) is 4.66. The minimum atomic E-state index is -0.580. The number of carbonyl (C=O) groups excluding carboxylic acids is 1. The van der Waals surface area contributed by atoms with Crippen molar-refractivity contribution in [1.29, 1.82) is 0 Å². The number of hydrogen-bond acceptors (Lipinski definition) is 8. The number of nitrogens with one attached hydrogen (secondary N) is 1. The van der Waals surface area contributed by atoms with E-state index in [2.05, 4.69) is 11.4 Å². The molecule has 2 N–H and O–H groups in total. The van der Waals surface area contributed by atoms with E-state index in [1.807, 2.05) is 38.1 Å². The lowest BCUT2D eigenvalue weighted by atomic mass is 9.99. The summed E-state index contributed by atoms with van der Waals surface area (Å²) in [6.07, 6.45) is 6.64. The number of allylic oxidation sites excluding steroid dienone is 1. The van der Waals surface area contributed by atoms with E-state index in [4.69, 9.17) is 28.4 Å². The number of hydrogen-bond donors (Lipinski definition) is 2. The minimum absolute atomic E-state index is 0.149. The zero-order chi connectivity index (χ0) is 29.1. The predicted molar refractivity (Wildman–Crippen MR) is 151 cm³/mol. The number of methoxy groups -OCH3 is 4. The number of carbonyl (C=O) groups is 1. The molecule has 2 atom stereocenters. The molecule has 1 saturated heterocycles. The Morgan fingerprint density at radius 1 is 0.925 bits per heavy atom. The smallest absolute Gasteiger partial charge is 0.345 e. The molecule has 0 radical (unpaired) electrons. The Morgan fingerprint density at radius 3 is 2.02 bits per heavy atom. The number of benzene rings is 2. The van der Waals surface area contributed by atoms with Crippen LogP contribution in [0.3, 0.4) is 0 Å². The van der Waals surface area contributed by atoms with Crippen LogP contribution in [0.4, 0.5) is 4.79 Å². The van der Waals surface area contributed by atoms with Gasteiger partial charge < -0.3 is 33.7 Å². The maximum atomic E-state index is 12.0. The molecule has 0 saturated carbocycles. The topological polar surface area (TPSA) is 108 Å². The molecule has 2 aromatic rings. The highest BCUT2D eigenvalue weighted by atomic mass is 16.5. The molecule has 1 fully saturated rings. The molecule has 2 aromatic carbocycles.